The predicted molar refractivity (Wildman–Crippen MR) is 79.6 cm³/mol. The summed E-state index contributed by atoms with van der Waals surface area (Å²) < 4.78 is 0. The Morgan fingerprint density at radius 1 is 1.10 bits per heavy atom. The minimum atomic E-state index is 0.0520. The lowest BCUT2D eigenvalue weighted by Gasteiger charge is -2.39. The van der Waals surface area contributed by atoms with E-state index in [1.54, 1.807) is 0 Å². The van der Waals surface area contributed by atoms with Gasteiger partial charge in [0.1, 0.15) is 0 Å². The van der Waals surface area contributed by atoms with Crippen LogP contribution in [0.25, 0.3) is 0 Å². The lowest BCUT2D eigenvalue weighted by Crippen LogP contribution is -2.57. The summed E-state index contributed by atoms with van der Waals surface area (Å²) in [7, 11) is 0. The Morgan fingerprint density at radius 3 is 2.35 bits per heavy atom. The zero-order valence-corrected chi connectivity index (χ0v) is 12.7. The van der Waals surface area contributed by atoms with E-state index in [9.17, 15) is 4.79 Å². The summed E-state index contributed by atoms with van der Waals surface area (Å²) in [6, 6.07) is 0.0520. The van der Waals surface area contributed by atoms with Crippen molar-refractivity contribution in [1.29, 1.82) is 0 Å². The van der Waals surface area contributed by atoms with Crippen LogP contribution in [0.5, 0.6) is 0 Å². The molecule has 0 spiro atoms. The van der Waals surface area contributed by atoms with Crippen molar-refractivity contribution in [3.63, 3.8) is 0 Å². The number of rotatable bonds is 4. The molecule has 1 N–H and O–H groups in total. The quantitative estimate of drug-likeness (QED) is 0.776. The number of piperazine rings is 2. The number of nitrogens with zero attached hydrogens (tertiary/aromatic N) is 3. The van der Waals surface area contributed by atoms with Crippen molar-refractivity contribution >= 4 is 5.91 Å². The van der Waals surface area contributed by atoms with E-state index in [4.69, 9.17) is 0 Å². The fraction of sp³-hybridized carbons (Fsp3) is 0.933. The Balaban J connectivity index is 1.45. The maximum atomic E-state index is 12.5. The summed E-state index contributed by atoms with van der Waals surface area (Å²) in [4.78, 5) is 19.5. The first-order chi connectivity index (χ1) is 9.74. The standard InChI is InChI=1S/C15H28N4O/c1-13(15(20)19-6-4-16-5-7-19)18-10-8-17(9-11-18)12-14-2-3-14/h13-14,16H,2-12H2,1H3. The molecule has 114 valence electrons. The summed E-state index contributed by atoms with van der Waals surface area (Å²) in [5.41, 5.74) is 0. The van der Waals surface area contributed by atoms with Gasteiger partial charge in [0, 0.05) is 58.9 Å². The van der Waals surface area contributed by atoms with E-state index in [-0.39, 0.29) is 6.04 Å². The fourth-order valence-corrected chi connectivity index (χ4v) is 3.30. The van der Waals surface area contributed by atoms with Crippen LogP contribution in [0.2, 0.25) is 0 Å². The summed E-state index contributed by atoms with van der Waals surface area (Å²) in [5.74, 6) is 1.29. The van der Waals surface area contributed by atoms with Gasteiger partial charge in [0.25, 0.3) is 0 Å². The molecule has 2 heterocycles. The van der Waals surface area contributed by atoms with Gasteiger partial charge in [-0.25, -0.2) is 0 Å². The van der Waals surface area contributed by atoms with Crippen molar-refractivity contribution in [3.05, 3.63) is 0 Å². The van der Waals surface area contributed by atoms with Crippen LogP contribution >= 0.6 is 0 Å². The third kappa shape index (κ3) is 3.51. The molecule has 0 aromatic rings. The maximum Gasteiger partial charge on any atom is 0.239 e. The Kier molecular flexibility index (Phi) is 4.58. The highest BCUT2D eigenvalue weighted by atomic mass is 16.2. The van der Waals surface area contributed by atoms with Gasteiger partial charge < -0.3 is 15.1 Å². The average molecular weight is 280 g/mol. The molecule has 1 aliphatic carbocycles. The van der Waals surface area contributed by atoms with Gasteiger partial charge in [-0.15, -0.1) is 0 Å². The van der Waals surface area contributed by atoms with Crippen LogP contribution < -0.4 is 5.32 Å². The van der Waals surface area contributed by atoms with Gasteiger partial charge in [0.05, 0.1) is 6.04 Å². The van der Waals surface area contributed by atoms with Gasteiger partial charge in [0.2, 0.25) is 5.91 Å². The van der Waals surface area contributed by atoms with E-state index in [1.807, 2.05) is 4.90 Å². The summed E-state index contributed by atoms with van der Waals surface area (Å²) in [6.45, 7) is 11.3. The topological polar surface area (TPSA) is 38.8 Å². The van der Waals surface area contributed by atoms with Crippen molar-refractivity contribution in [1.82, 2.24) is 20.0 Å². The second kappa shape index (κ2) is 6.41. The van der Waals surface area contributed by atoms with E-state index in [1.165, 1.54) is 19.4 Å². The second-order valence-corrected chi connectivity index (χ2v) is 6.53. The molecule has 3 fully saturated rings. The van der Waals surface area contributed by atoms with E-state index >= 15 is 0 Å². The predicted octanol–water partition coefficient (Wildman–Crippen LogP) is -0.166. The van der Waals surface area contributed by atoms with Gasteiger partial charge in [-0.1, -0.05) is 0 Å². The number of nitrogens with one attached hydrogen (secondary N) is 1. The minimum Gasteiger partial charge on any atom is -0.339 e. The highest BCUT2D eigenvalue weighted by Crippen LogP contribution is 2.30. The zero-order valence-electron chi connectivity index (χ0n) is 12.7. The fourth-order valence-electron chi connectivity index (χ4n) is 3.30. The monoisotopic (exact) mass is 280 g/mol. The molecule has 2 saturated heterocycles. The Morgan fingerprint density at radius 2 is 1.75 bits per heavy atom. The summed E-state index contributed by atoms with van der Waals surface area (Å²) >= 11 is 0. The number of amides is 1. The highest BCUT2D eigenvalue weighted by molar-refractivity contribution is 5.81. The largest absolute Gasteiger partial charge is 0.339 e. The van der Waals surface area contributed by atoms with Crippen LogP contribution in [0.4, 0.5) is 0 Å². The molecule has 1 unspecified atom stereocenters. The first kappa shape index (κ1) is 14.3. The Labute approximate surface area is 122 Å². The van der Waals surface area contributed by atoms with Crippen molar-refractivity contribution in [2.75, 3.05) is 58.9 Å². The Bertz CT molecular complexity index is 331. The van der Waals surface area contributed by atoms with Crippen molar-refractivity contribution in [2.24, 2.45) is 5.92 Å². The number of hydrogen-bond donors (Lipinski definition) is 1. The van der Waals surface area contributed by atoms with Gasteiger partial charge in [-0.2, -0.15) is 0 Å². The van der Waals surface area contributed by atoms with Gasteiger partial charge in [-0.05, 0) is 25.7 Å². The molecular formula is C15H28N4O. The van der Waals surface area contributed by atoms with Crippen LogP contribution in [-0.4, -0.2) is 85.6 Å². The van der Waals surface area contributed by atoms with Crippen LogP contribution in [0, 0.1) is 5.92 Å². The molecule has 0 aromatic carbocycles. The highest BCUT2D eigenvalue weighted by Gasteiger charge is 2.31. The number of carbonyl (C=O) groups excluding carboxylic acids is 1. The molecule has 1 saturated carbocycles. The number of hydrogen-bond acceptors (Lipinski definition) is 4. The third-order valence-electron chi connectivity index (χ3n) is 4.95. The van der Waals surface area contributed by atoms with Gasteiger partial charge >= 0.3 is 0 Å². The minimum absolute atomic E-state index is 0.0520. The van der Waals surface area contributed by atoms with Crippen molar-refractivity contribution in [2.45, 2.75) is 25.8 Å². The molecule has 2 aliphatic heterocycles. The lowest BCUT2D eigenvalue weighted by molar-refractivity contribution is -0.137. The SMILES string of the molecule is CC(C(=O)N1CCNCC1)N1CCN(CC2CC2)CC1. The molecule has 3 rings (SSSR count). The molecule has 5 nitrogen and oxygen atoms in total. The first-order valence-electron chi connectivity index (χ1n) is 8.20. The molecule has 0 radical (unpaired) electrons. The summed E-state index contributed by atoms with van der Waals surface area (Å²) in [6.07, 6.45) is 2.86. The van der Waals surface area contributed by atoms with E-state index in [0.29, 0.717) is 5.91 Å². The van der Waals surface area contributed by atoms with Crippen LogP contribution in [0.3, 0.4) is 0 Å². The molecule has 5 heteroatoms. The second-order valence-electron chi connectivity index (χ2n) is 6.53. The molecule has 3 aliphatic rings. The average Bonchev–Trinajstić information content (AvgIpc) is 3.31. The van der Waals surface area contributed by atoms with Crippen LogP contribution in [0.1, 0.15) is 19.8 Å². The van der Waals surface area contributed by atoms with Gasteiger partial charge in [0.15, 0.2) is 0 Å². The number of carbonyl (C=O) groups is 1. The normalized spacial score (nSPS) is 27.6. The van der Waals surface area contributed by atoms with Crippen molar-refractivity contribution < 1.29 is 4.79 Å². The molecule has 1 atom stereocenters. The van der Waals surface area contributed by atoms with E-state index < -0.39 is 0 Å². The third-order valence-corrected chi connectivity index (χ3v) is 4.95. The Hall–Kier alpha value is -0.650. The van der Waals surface area contributed by atoms with E-state index in [2.05, 4.69) is 22.0 Å². The zero-order chi connectivity index (χ0) is 13.9. The lowest BCUT2D eigenvalue weighted by atomic mass is 10.2. The molecule has 20 heavy (non-hydrogen) atoms. The molecular weight excluding hydrogens is 252 g/mol. The smallest absolute Gasteiger partial charge is 0.239 e. The molecule has 0 aromatic heterocycles. The van der Waals surface area contributed by atoms with Gasteiger partial charge in [-0.3, -0.25) is 9.69 Å². The molecule has 0 bridgehead atoms. The maximum absolute atomic E-state index is 12.5. The van der Waals surface area contributed by atoms with Crippen LogP contribution in [-0.2, 0) is 4.79 Å². The first-order valence-corrected chi connectivity index (χ1v) is 8.20. The van der Waals surface area contributed by atoms with E-state index in [0.717, 1.165) is 58.3 Å². The summed E-state index contributed by atoms with van der Waals surface area (Å²) in [5, 5.41) is 3.30. The van der Waals surface area contributed by atoms with Crippen molar-refractivity contribution in [3.8, 4) is 0 Å². The molecule has 1 amide bonds. The van der Waals surface area contributed by atoms with Crippen LogP contribution in [0.15, 0.2) is 0 Å².